The van der Waals surface area contributed by atoms with Gasteiger partial charge in [0.15, 0.2) is 6.29 Å². The topological polar surface area (TPSA) is 57.0 Å². The van der Waals surface area contributed by atoms with Crippen molar-refractivity contribution in [3.05, 3.63) is 40.1 Å². The van der Waals surface area contributed by atoms with Crippen LogP contribution >= 0.6 is 15.9 Å². The molecule has 1 atom stereocenters. The minimum absolute atomic E-state index is 0.0375. The molecule has 5 nitrogen and oxygen atoms in total. The first kappa shape index (κ1) is 11.4. The van der Waals surface area contributed by atoms with E-state index in [9.17, 15) is 4.79 Å². The molecule has 0 saturated heterocycles. The standard InChI is InChI=1S/C12H10BrN3O2/c13-9-1-2-12-8(3-9)4-11(18-12)6-16-5-10(7-17)14-15-16/h1-3,5,7,11H,4,6H2. The van der Waals surface area contributed by atoms with Crippen molar-refractivity contribution in [1.82, 2.24) is 15.0 Å². The molecule has 1 aromatic carbocycles. The highest BCUT2D eigenvalue weighted by Crippen LogP contribution is 2.31. The predicted octanol–water partition coefficient (Wildman–Crippen LogP) is 1.86. The lowest BCUT2D eigenvalue weighted by Gasteiger charge is -2.09. The lowest BCUT2D eigenvalue weighted by atomic mass is 10.1. The smallest absolute Gasteiger partial charge is 0.171 e. The maximum atomic E-state index is 10.5. The van der Waals surface area contributed by atoms with E-state index in [1.54, 1.807) is 10.9 Å². The first-order valence-corrected chi connectivity index (χ1v) is 6.34. The lowest BCUT2D eigenvalue weighted by molar-refractivity contribution is 0.111. The summed E-state index contributed by atoms with van der Waals surface area (Å²) in [6, 6.07) is 5.98. The number of halogens is 1. The molecule has 2 heterocycles. The van der Waals surface area contributed by atoms with E-state index in [0.717, 1.165) is 16.6 Å². The van der Waals surface area contributed by atoms with E-state index in [1.807, 2.05) is 12.1 Å². The van der Waals surface area contributed by atoms with Crippen LogP contribution in [0.1, 0.15) is 16.1 Å². The van der Waals surface area contributed by atoms with Gasteiger partial charge in [-0.25, -0.2) is 4.68 Å². The fourth-order valence-corrected chi connectivity index (χ4v) is 2.46. The van der Waals surface area contributed by atoms with Gasteiger partial charge in [0.2, 0.25) is 0 Å². The van der Waals surface area contributed by atoms with Crippen LogP contribution in [0.15, 0.2) is 28.9 Å². The second kappa shape index (κ2) is 4.53. The summed E-state index contributed by atoms with van der Waals surface area (Å²) >= 11 is 3.44. The molecule has 0 saturated carbocycles. The van der Waals surface area contributed by atoms with Crippen LogP contribution < -0.4 is 4.74 Å². The summed E-state index contributed by atoms with van der Waals surface area (Å²) < 4.78 is 8.50. The zero-order chi connectivity index (χ0) is 12.5. The number of hydrogen-bond donors (Lipinski definition) is 0. The summed E-state index contributed by atoms with van der Waals surface area (Å²) in [6.07, 6.45) is 3.18. The highest BCUT2D eigenvalue weighted by molar-refractivity contribution is 9.10. The SMILES string of the molecule is O=Cc1cn(CC2Cc3cc(Br)ccc3O2)nn1. The van der Waals surface area contributed by atoms with Crippen molar-refractivity contribution in [2.75, 3.05) is 0 Å². The largest absolute Gasteiger partial charge is 0.488 e. The van der Waals surface area contributed by atoms with Crippen molar-refractivity contribution >= 4 is 22.2 Å². The molecule has 2 aromatic rings. The molecule has 0 bridgehead atoms. The van der Waals surface area contributed by atoms with Gasteiger partial charge in [0.1, 0.15) is 17.5 Å². The van der Waals surface area contributed by atoms with Crippen LogP contribution in [-0.4, -0.2) is 27.4 Å². The molecule has 0 amide bonds. The van der Waals surface area contributed by atoms with Gasteiger partial charge in [-0.05, 0) is 23.8 Å². The number of nitrogens with zero attached hydrogens (tertiary/aromatic N) is 3. The van der Waals surface area contributed by atoms with Gasteiger partial charge in [0.25, 0.3) is 0 Å². The Kier molecular flexibility index (Phi) is 2.87. The second-order valence-electron chi connectivity index (χ2n) is 4.18. The fourth-order valence-electron chi connectivity index (χ4n) is 2.06. The number of aromatic nitrogens is 3. The van der Waals surface area contributed by atoms with E-state index in [4.69, 9.17) is 4.74 Å². The third-order valence-corrected chi connectivity index (χ3v) is 3.32. The third kappa shape index (κ3) is 2.15. The number of fused-ring (bicyclic) bond motifs is 1. The molecule has 0 fully saturated rings. The molecule has 0 N–H and O–H groups in total. The third-order valence-electron chi connectivity index (χ3n) is 2.83. The zero-order valence-electron chi connectivity index (χ0n) is 9.41. The van der Waals surface area contributed by atoms with Crippen LogP contribution in [0.5, 0.6) is 5.75 Å². The number of aldehydes is 1. The van der Waals surface area contributed by atoms with E-state index in [0.29, 0.717) is 18.5 Å². The number of ether oxygens (including phenoxy) is 1. The molecule has 0 spiro atoms. The van der Waals surface area contributed by atoms with Crippen molar-refractivity contribution < 1.29 is 9.53 Å². The highest BCUT2D eigenvalue weighted by atomic mass is 79.9. The normalized spacial score (nSPS) is 17.3. The monoisotopic (exact) mass is 307 g/mol. The van der Waals surface area contributed by atoms with Crippen LogP contribution in [0.2, 0.25) is 0 Å². The Balaban J connectivity index is 1.72. The average Bonchev–Trinajstić information content (AvgIpc) is 2.95. The van der Waals surface area contributed by atoms with Gasteiger partial charge in [0, 0.05) is 10.9 Å². The van der Waals surface area contributed by atoms with Crippen molar-refractivity contribution in [2.24, 2.45) is 0 Å². The number of carbonyl (C=O) groups is 1. The van der Waals surface area contributed by atoms with Crippen LogP contribution in [0.3, 0.4) is 0 Å². The molecule has 1 aliphatic heterocycles. The Morgan fingerprint density at radius 1 is 1.56 bits per heavy atom. The first-order valence-electron chi connectivity index (χ1n) is 5.55. The summed E-state index contributed by atoms with van der Waals surface area (Å²) in [6.45, 7) is 0.590. The van der Waals surface area contributed by atoms with Gasteiger partial charge in [-0.1, -0.05) is 21.1 Å². The Labute approximate surface area is 112 Å². The molecule has 1 aromatic heterocycles. The first-order chi connectivity index (χ1) is 8.74. The van der Waals surface area contributed by atoms with Crippen LogP contribution in [0.25, 0.3) is 0 Å². The summed E-state index contributed by atoms with van der Waals surface area (Å²) in [5.74, 6) is 0.916. The Morgan fingerprint density at radius 3 is 3.22 bits per heavy atom. The second-order valence-corrected chi connectivity index (χ2v) is 5.10. The maximum Gasteiger partial charge on any atom is 0.171 e. The van der Waals surface area contributed by atoms with E-state index in [2.05, 4.69) is 32.3 Å². The number of benzene rings is 1. The van der Waals surface area contributed by atoms with E-state index >= 15 is 0 Å². The quantitative estimate of drug-likeness (QED) is 0.812. The highest BCUT2D eigenvalue weighted by Gasteiger charge is 2.23. The fraction of sp³-hybridized carbons (Fsp3) is 0.250. The van der Waals surface area contributed by atoms with Crippen LogP contribution in [0, 0.1) is 0 Å². The molecule has 0 aliphatic carbocycles. The van der Waals surface area contributed by atoms with Gasteiger partial charge in [-0.15, -0.1) is 5.10 Å². The summed E-state index contributed by atoms with van der Waals surface area (Å²) in [5.41, 5.74) is 1.53. The van der Waals surface area contributed by atoms with Gasteiger partial charge in [0.05, 0.1) is 12.7 Å². The zero-order valence-corrected chi connectivity index (χ0v) is 11.0. The van der Waals surface area contributed by atoms with Crippen molar-refractivity contribution in [3.8, 4) is 5.75 Å². The van der Waals surface area contributed by atoms with Crippen LogP contribution in [-0.2, 0) is 13.0 Å². The minimum Gasteiger partial charge on any atom is -0.488 e. The van der Waals surface area contributed by atoms with Crippen molar-refractivity contribution in [1.29, 1.82) is 0 Å². The Hall–Kier alpha value is -1.69. The number of hydrogen-bond acceptors (Lipinski definition) is 4. The minimum atomic E-state index is 0.0375. The molecule has 92 valence electrons. The van der Waals surface area contributed by atoms with E-state index < -0.39 is 0 Å². The molecule has 1 unspecified atom stereocenters. The molecule has 18 heavy (non-hydrogen) atoms. The van der Waals surface area contributed by atoms with Gasteiger partial charge in [-0.3, -0.25) is 4.79 Å². The predicted molar refractivity (Wildman–Crippen MR) is 67.7 cm³/mol. The maximum absolute atomic E-state index is 10.5. The summed E-state index contributed by atoms with van der Waals surface area (Å²) in [5, 5.41) is 7.60. The molecule has 6 heteroatoms. The van der Waals surface area contributed by atoms with E-state index in [1.165, 1.54) is 5.56 Å². The number of rotatable bonds is 3. The van der Waals surface area contributed by atoms with Gasteiger partial charge < -0.3 is 4.74 Å². The Bertz CT molecular complexity index is 597. The summed E-state index contributed by atoms with van der Waals surface area (Å²) in [7, 11) is 0. The molecular weight excluding hydrogens is 298 g/mol. The molecule has 0 radical (unpaired) electrons. The average molecular weight is 308 g/mol. The molecule has 3 rings (SSSR count). The van der Waals surface area contributed by atoms with Crippen molar-refractivity contribution in [3.63, 3.8) is 0 Å². The summed E-state index contributed by atoms with van der Waals surface area (Å²) in [4.78, 5) is 10.5. The Morgan fingerprint density at radius 2 is 2.44 bits per heavy atom. The van der Waals surface area contributed by atoms with Gasteiger partial charge in [-0.2, -0.15) is 0 Å². The lowest BCUT2D eigenvalue weighted by Crippen LogP contribution is -2.21. The molecule has 1 aliphatic rings. The van der Waals surface area contributed by atoms with E-state index in [-0.39, 0.29) is 6.10 Å². The van der Waals surface area contributed by atoms with Crippen LogP contribution in [0.4, 0.5) is 0 Å². The number of carbonyl (C=O) groups excluding carboxylic acids is 1. The van der Waals surface area contributed by atoms with Crippen molar-refractivity contribution in [2.45, 2.75) is 19.1 Å². The molecular formula is C12H10BrN3O2. The van der Waals surface area contributed by atoms with Gasteiger partial charge >= 0.3 is 0 Å².